The second-order valence-electron chi connectivity index (χ2n) is 4.78. The maximum atomic E-state index is 11.2. The van der Waals surface area contributed by atoms with Crippen molar-refractivity contribution in [1.29, 1.82) is 0 Å². The van der Waals surface area contributed by atoms with Gasteiger partial charge in [-0.3, -0.25) is 15.3 Å². The Morgan fingerprint density at radius 1 is 0.889 bits per heavy atom. The van der Waals surface area contributed by atoms with Gasteiger partial charge in [-0.15, -0.1) is 0 Å². The van der Waals surface area contributed by atoms with Gasteiger partial charge in [0, 0.05) is 6.42 Å². The molecule has 0 aromatic rings. The molecule has 4 heteroatoms. The Bertz CT molecular complexity index is 230. The molecule has 18 heavy (non-hydrogen) atoms. The second-order valence-corrected chi connectivity index (χ2v) is 4.78. The van der Waals surface area contributed by atoms with E-state index in [1.807, 2.05) is 0 Å². The summed E-state index contributed by atoms with van der Waals surface area (Å²) in [5.74, 6) is -0.853. The molecule has 0 aliphatic heterocycles. The fourth-order valence-corrected chi connectivity index (χ4v) is 1.86. The lowest BCUT2D eigenvalue weighted by Crippen LogP contribution is -2.29. The van der Waals surface area contributed by atoms with E-state index in [9.17, 15) is 9.59 Å². The fraction of sp³-hybridized carbons (Fsp3) is 0.857. The first-order valence-electron chi connectivity index (χ1n) is 7.18. The van der Waals surface area contributed by atoms with Crippen LogP contribution in [0, 0.1) is 0 Å². The number of carbonyl (C=O) groups excluding carboxylic acids is 2. The highest BCUT2D eigenvalue weighted by Gasteiger charge is 2.02. The van der Waals surface area contributed by atoms with Crippen LogP contribution in [0.1, 0.15) is 71.1 Å². The molecule has 0 aliphatic carbocycles. The van der Waals surface area contributed by atoms with Gasteiger partial charge in [0.25, 0.3) is 5.91 Å². The predicted molar refractivity (Wildman–Crippen MR) is 73.0 cm³/mol. The van der Waals surface area contributed by atoms with Crippen molar-refractivity contribution in [2.75, 3.05) is 6.54 Å². The van der Waals surface area contributed by atoms with Crippen molar-refractivity contribution in [3.63, 3.8) is 0 Å². The molecule has 2 N–H and O–H groups in total. The van der Waals surface area contributed by atoms with Crippen LogP contribution in [0.3, 0.4) is 0 Å². The quantitative estimate of drug-likeness (QED) is 0.545. The molecule has 2 amide bonds. The first-order chi connectivity index (χ1) is 8.66. The molecule has 0 atom stereocenters. The highest BCUT2D eigenvalue weighted by Crippen LogP contribution is 2.10. The minimum absolute atomic E-state index is 0.112. The van der Waals surface area contributed by atoms with Crippen molar-refractivity contribution in [2.24, 2.45) is 0 Å². The number of unbranched alkanes of at least 4 members (excludes halogenated alkanes) is 8. The van der Waals surface area contributed by atoms with Crippen LogP contribution < -0.4 is 11.1 Å². The number of amides is 2. The van der Waals surface area contributed by atoms with Crippen molar-refractivity contribution in [2.45, 2.75) is 71.1 Å². The molecular formula is C14H27N2O2. The number of nitrogens with one attached hydrogen (secondary N) is 2. The van der Waals surface area contributed by atoms with Crippen LogP contribution in [-0.4, -0.2) is 18.4 Å². The molecule has 0 aliphatic rings. The van der Waals surface area contributed by atoms with Gasteiger partial charge >= 0.3 is 0 Å². The van der Waals surface area contributed by atoms with E-state index in [0.717, 1.165) is 12.8 Å². The zero-order valence-electron chi connectivity index (χ0n) is 11.6. The van der Waals surface area contributed by atoms with Crippen LogP contribution in [0.15, 0.2) is 0 Å². The number of carbonyl (C=O) groups is 2. The van der Waals surface area contributed by atoms with Gasteiger partial charge in [-0.2, -0.15) is 0 Å². The third-order valence-corrected chi connectivity index (χ3v) is 2.95. The van der Waals surface area contributed by atoms with Crippen molar-refractivity contribution in [3.05, 3.63) is 0 Å². The van der Waals surface area contributed by atoms with Crippen LogP contribution in [0.2, 0.25) is 0 Å². The van der Waals surface area contributed by atoms with Gasteiger partial charge in [0.2, 0.25) is 5.91 Å². The Hall–Kier alpha value is -1.06. The van der Waals surface area contributed by atoms with Crippen molar-refractivity contribution < 1.29 is 9.59 Å². The van der Waals surface area contributed by atoms with Gasteiger partial charge in [0.1, 0.15) is 0 Å². The van der Waals surface area contributed by atoms with E-state index >= 15 is 0 Å². The Balaban J connectivity index is 3.15. The van der Waals surface area contributed by atoms with E-state index in [2.05, 4.69) is 12.2 Å². The fourth-order valence-electron chi connectivity index (χ4n) is 1.86. The molecule has 0 saturated heterocycles. The van der Waals surface area contributed by atoms with Crippen molar-refractivity contribution >= 4 is 11.8 Å². The Kier molecular flexibility index (Phi) is 11.7. The van der Waals surface area contributed by atoms with Crippen LogP contribution >= 0.6 is 0 Å². The molecule has 0 heterocycles. The van der Waals surface area contributed by atoms with Crippen LogP contribution in [0.5, 0.6) is 0 Å². The minimum atomic E-state index is -0.740. The maximum absolute atomic E-state index is 11.2. The summed E-state index contributed by atoms with van der Waals surface area (Å²) in [5.41, 5.74) is 6.65. The summed E-state index contributed by atoms with van der Waals surface area (Å²) >= 11 is 0. The first-order valence-corrected chi connectivity index (χ1v) is 7.18. The molecule has 105 valence electrons. The predicted octanol–water partition coefficient (Wildman–Crippen LogP) is 2.83. The molecule has 0 spiro atoms. The lowest BCUT2D eigenvalue weighted by Gasteiger charge is -2.03. The van der Waals surface area contributed by atoms with Gasteiger partial charge in [-0.05, 0) is 6.42 Å². The van der Waals surface area contributed by atoms with Crippen LogP contribution in [-0.2, 0) is 9.59 Å². The lowest BCUT2D eigenvalue weighted by molar-refractivity contribution is -0.125. The molecule has 0 aromatic carbocycles. The number of hydrogen-bond donors (Lipinski definition) is 1. The molecule has 0 rings (SSSR count). The van der Waals surface area contributed by atoms with Gasteiger partial charge in [-0.1, -0.05) is 58.3 Å². The summed E-state index contributed by atoms with van der Waals surface area (Å²) in [6.07, 6.45) is 11.5. The first kappa shape index (κ1) is 16.9. The van der Waals surface area contributed by atoms with E-state index in [4.69, 9.17) is 5.73 Å². The average Bonchev–Trinajstić information content (AvgIpc) is 2.34. The molecule has 4 nitrogen and oxygen atoms in total. The Morgan fingerprint density at radius 2 is 1.39 bits per heavy atom. The Morgan fingerprint density at radius 3 is 1.89 bits per heavy atom. The monoisotopic (exact) mass is 255 g/mol. The second kappa shape index (κ2) is 12.4. The lowest BCUT2D eigenvalue weighted by atomic mass is 10.1. The maximum Gasteiger partial charge on any atom is 0.257 e. The van der Waals surface area contributed by atoms with Gasteiger partial charge in [-0.25, -0.2) is 0 Å². The summed E-state index contributed by atoms with van der Waals surface area (Å²) in [7, 11) is 0. The molecular weight excluding hydrogens is 228 g/mol. The van der Waals surface area contributed by atoms with Crippen molar-refractivity contribution in [3.8, 4) is 0 Å². The van der Waals surface area contributed by atoms with Gasteiger partial charge in [0.05, 0.1) is 6.54 Å². The van der Waals surface area contributed by atoms with Crippen LogP contribution in [0.25, 0.3) is 0 Å². The zero-order valence-corrected chi connectivity index (χ0v) is 11.6. The average molecular weight is 255 g/mol. The van der Waals surface area contributed by atoms with Gasteiger partial charge in [0.15, 0.2) is 0 Å². The van der Waals surface area contributed by atoms with E-state index in [1.54, 1.807) is 0 Å². The largest absolute Gasteiger partial charge is 0.347 e. The third-order valence-electron chi connectivity index (χ3n) is 2.95. The number of hydrogen-bond acceptors (Lipinski definition) is 2. The minimum Gasteiger partial charge on any atom is -0.347 e. The van der Waals surface area contributed by atoms with Crippen LogP contribution in [0.4, 0.5) is 0 Å². The third kappa shape index (κ3) is 13.0. The summed E-state index contributed by atoms with van der Waals surface area (Å²) in [5, 5.41) is 2.43. The van der Waals surface area contributed by atoms with Crippen molar-refractivity contribution in [1.82, 2.24) is 11.1 Å². The molecule has 0 saturated carbocycles. The molecule has 0 fully saturated rings. The molecule has 0 aromatic heterocycles. The highest BCUT2D eigenvalue weighted by atomic mass is 16.2. The van der Waals surface area contributed by atoms with E-state index in [1.165, 1.54) is 44.9 Å². The highest BCUT2D eigenvalue weighted by molar-refractivity contribution is 5.83. The van der Waals surface area contributed by atoms with E-state index in [-0.39, 0.29) is 12.5 Å². The number of rotatable bonds is 12. The summed E-state index contributed by atoms with van der Waals surface area (Å²) in [4.78, 5) is 21.5. The topological polar surface area (TPSA) is 70.0 Å². The molecule has 1 radical (unpaired) electrons. The summed E-state index contributed by atoms with van der Waals surface area (Å²) in [6.45, 7) is 2.07. The molecule has 0 bridgehead atoms. The van der Waals surface area contributed by atoms with E-state index in [0.29, 0.717) is 6.42 Å². The SMILES string of the molecule is CCCCCCCCCCCC(=O)NCC([NH])=O. The smallest absolute Gasteiger partial charge is 0.257 e. The zero-order chi connectivity index (χ0) is 13.6. The summed E-state index contributed by atoms with van der Waals surface area (Å²) < 4.78 is 0. The van der Waals surface area contributed by atoms with Gasteiger partial charge < -0.3 is 5.32 Å². The van der Waals surface area contributed by atoms with E-state index < -0.39 is 5.91 Å². The Labute approximate surface area is 111 Å². The molecule has 0 unspecified atom stereocenters. The normalized spacial score (nSPS) is 10.3. The summed E-state index contributed by atoms with van der Waals surface area (Å²) in [6, 6.07) is 0. The standard InChI is InChI=1S/C14H27N2O2/c1-2-3-4-5-6-7-8-9-10-11-14(18)16-12-13(15)17/h15H,2-12H2,1H3,(H,16,18).